The molecule has 1 aromatic carbocycles. The van der Waals surface area contributed by atoms with Crippen molar-refractivity contribution in [3.05, 3.63) is 24.0 Å². The number of terminal acetylenes is 1. The van der Waals surface area contributed by atoms with Gasteiger partial charge in [0.15, 0.2) is 0 Å². The molecule has 0 aromatic heterocycles. The number of amides is 1. The number of hydrogen-bond acceptors (Lipinski definition) is 3. The van der Waals surface area contributed by atoms with Crippen LogP contribution in [0.3, 0.4) is 0 Å². The van der Waals surface area contributed by atoms with E-state index in [-0.39, 0.29) is 24.8 Å². The van der Waals surface area contributed by atoms with Crippen LogP contribution in [-0.2, 0) is 9.53 Å². The Labute approximate surface area is 105 Å². The number of hydrogen-bond donors (Lipinski definition) is 1. The molecule has 1 rings (SSSR count). The van der Waals surface area contributed by atoms with Crippen molar-refractivity contribution in [2.75, 3.05) is 25.1 Å². The molecule has 0 atom stereocenters. The first kappa shape index (κ1) is 14.0. The van der Waals surface area contributed by atoms with Gasteiger partial charge < -0.3 is 14.8 Å². The molecule has 5 heteroatoms. The maximum atomic E-state index is 13.1. The minimum absolute atomic E-state index is 0.0416. The molecule has 0 aliphatic rings. The van der Waals surface area contributed by atoms with Crippen LogP contribution in [0.4, 0.5) is 10.1 Å². The van der Waals surface area contributed by atoms with Gasteiger partial charge in [-0.15, -0.1) is 6.42 Å². The fourth-order valence-electron chi connectivity index (χ4n) is 1.23. The van der Waals surface area contributed by atoms with Gasteiger partial charge in [0, 0.05) is 12.7 Å². The molecule has 4 nitrogen and oxygen atoms in total. The van der Waals surface area contributed by atoms with Crippen LogP contribution >= 0.6 is 0 Å². The first-order valence-electron chi connectivity index (χ1n) is 5.40. The molecule has 0 unspecified atom stereocenters. The fourth-order valence-corrected chi connectivity index (χ4v) is 1.23. The number of ether oxygens (including phenoxy) is 2. The summed E-state index contributed by atoms with van der Waals surface area (Å²) in [6.07, 6.45) is 5.07. The van der Waals surface area contributed by atoms with Crippen LogP contribution in [0.2, 0.25) is 0 Å². The highest BCUT2D eigenvalue weighted by Crippen LogP contribution is 2.25. The van der Waals surface area contributed by atoms with Crippen molar-refractivity contribution < 1.29 is 18.7 Å². The molecule has 0 heterocycles. The average molecular weight is 251 g/mol. The van der Waals surface area contributed by atoms with E-state index >= 15 is 0 Å². The molecule has 0 saturated carbocycles. The Kier molecular flexibility index (Phi) is 5.68. The molecular formula is C13H14FNO3. The van der Waals surface area contributed by atoms with E-state index in [0.717, 1.165) is 6.07 Å². The van der Waals surface area contributed by atoms with Crippen molar-refractivity contribution in [1.82, 2.24) is 0 Å². The van der Waals surface area contributed by atoms with Gasteiger partial charge in [-0.1, -0.05) is 5.92 Å². The van der Waals surface area contributed by atoms with Gasteiger partial charge in [0.25, 0.3) is 0 Å². The second kappa shape index (κ2) is 7.30. The molecule has 1 amide bonds. The van der Waals surface area contributed by atoms with Crippen molar-refractivity contribution in [3.63, 3.8) is 0 Å². The zero-order chi connectivity index (χ0) is 13.4. The molecule has 18 heavy (non-hydrogen) atoms. The van der Waals surface area contributed by atoms with Gasteiger partial charge in [-0.25, -0.2) is 4.39 Å². The Hall–Kier alpha value is -2.06. The summed E-state index contributed by atoms with van der Waals surface area (Å²) in [5.74, 6) is 1.75. The van der Waals surface area contributed by atoms with Crippen molar-refractivity contribution in [2.45, 2.75) is 6.92 Å². The maximum absolute atomic E-state index is 13.1. The molecule has 0 radical (unpaired) electrons. The Morgan fingerprint density at radius 1 is 1.56 bits per heavy atom. The number of halogens is 1. The third kappa shape index (κ3) is 4.44. The molecule has 0 fully saturated rings. The summed E-state index contributed by atoms with van der Waals surface area (Å²) in [4.78, 5) is 11.5. The number of nitrogens with one attached hydrogen (secondary N) is 1. The molecule has 1 N–H and O–H groups in total. The smallest absolute Gasteiger partial charge is 0.250 e. The maximum Gasteiger partial charge on any atom is 0.250 e. The van der Waals surface area contributed by atoms with Crippen LogP contribution in [0.25, 0.3) is 0 Å². The van der Waals surface area contributed by atoms with E-state index in [1.165, 1.54) is 12.1 Å². The Balaban J connectivity index is 2.75. The lowest BCUT2D eigenvalue weighted by Gasteiger charge is -2.11. The van der Waals surface area contributed by atoms with Crippen molar-refractivity contribution in [2.24, 2.45) is 0 Å². The fraction of sp³-hybridized carbons (Fsp3) is 0.308. The molecular weight excluding hydrogens is 237 g/mol. The summed E-state index contributed by atoms with van der Waals surface area (Å²) < 4.78 is 23.2. The van der Waals surface area contributed by atoms with Crippen LogP contribution in [0.15, 0.2) is 18.2 Å². The van der Waals surface area contributed by atoms with E-state index in [9.17, 15) is 9.18 Å². The standard InChI is InChI=1S/C13H14FNO3/c1-3-7-18-12-6-5-10(14)8-11(12)15-13(16)9-17-4-2/h1,5-6,8H,4,7,9H2,2H3,(H,15,16). The SMILES string of the molecule is C#CCOc1ccc(F)cc1NC(=O)COCC. The van der Waals surface area contributed by atoms with Gasteiger partial charge in [-0.2, -0.15) is 0 Å². The number of carbonyl (C=O) groups is 1. The molecule has 96 valence electrons. The van der Waals surface area contributed by atoms with E-state index in [4.69, 9.17) is 15.9 Å². The highest BCUT2D eigenvalue weighted by molar-refractivity contribution is 5.93. The van der Waals surface area contributed by atoms with E-state index in [1.54, 1.807) is 6.92 Å². The lowest BCUT2D eigenvalue weighted by atomic mass is 10.3. The lowest BCUT2D eigenvalue weighted by Crippen LogP contribution is -2.19. The van der Waals surface area contributed by atoms with Crippen LogP contribution in [-0.4, -0.2) is 25.7 Å². The normalized spacial score (nSPS) is 9.61. The molecule has 0 saturated heterocycles. The summed E-state index contributed by atoms with van der Waals surface area (Å²) in [6, 6.07) is 3.79. The quantitative estimate of drug-likeness (QED) is 0.784. The molecule has 0 bridgehead atoms. The largest absolute Gasteiger partial charge is 0.479 e. The minimum Gasteiger partial charge on any atom is -0.479 e. The van der Waals surface area contributed by atoms with Crippen molar-refractivity contribution in [3.8, 4) is 18.1 Å². The summed E-state index contributed by atoms with van der Waals surface area (Å²) in [7, 11) is 0. The second-order valence-electron chi connectivity index (χ2n) is 3.32. The van der Waals surface area contributed by atoms with Gasteiger partial charge in [-0.05, 0) is 19.1 Å². The zero-order valence-electron chi connectivity index (χ0n) is 10.0. The van der Waals surface area contributed by atoms with Crippen molar-refractivity contribution in [1.29, 1.82) is 0 Å². The molecule has 0 spiro atoms. The third-order valence-electron chi connectivity index (χ3n) is 1.96. The molecule has 0 aliphatic heterocycles. The minimum atomic E-state index is -0.477. The van der Waals surface area contributed by atoms with Gasteiger partial charge in [0.2, 0.25) is 5.91 Å². The monoisotopic (exact) mass is 251 g/mol. The first-order chi connectivity index (χ1) is 8.67. The summed E-state index contributed by atoms with van der Waals surface area (Å²) >= 11 is 0. The molecule has 1 aromatic rings. The predicted octanol–water partition coefficient (Wildman–Crippen LogP) is 1.81. The Bertz CT molecular complexity index is 454. The van der Waals surface area contributed by atoms with Crippen molar-refractivity contribution >= 4 is 11.6 Å². The van der Waals surface area contributed by atoms with E-state index < -0.39 is 5.82 Å². The lowest BCUT2D eigenvalue weighted by molar-refractivity contribution is -0.120. The van der Waals surface area contributed by atoms with Crippen LogP contribution < -0.4 is 10.1 Å². The van der Waals surface area contributed by atoms with E-state index in [0.29, 0.717) is 12.4 Å². The van der Waals surface area contributed by atoms with Gasteiger partial charge in [0.05, 0.1) is 5.69 Å². The van der Waals surface area contributed by atoms with E-state index in [1.807, 2.05) is 0 Å². The Morgan fingerprint density at radius 2 is 2.33 bits per heavy atom. The highest BCUT2D eigenvalue weighted by Gasteiger charge is 2.09. The van der Waals surface area contributed by atoms with Gasteiger partial charge in [-0.3, -0.25) is 4.79 Å². The van der Waals surface area contributed by atoms with Crippen LogP contribution in [0.5, 0.6) is 5.75 Å². The summed E-state index contributed by atoms with van der Waals surface area (Å²) in [6.45, 7) is 2.15. The number of rotatable bonds is 6. The van der Waals surface area contributed by atoms with Gasteiger partial charge >= 0.3 is 0 Å². The predicted molar refractivity (Wildman–Crippen MR) is 65.9 cm³/mol. The first-order valence-corrected chi connectivity index (χ1v) is 5.40. The van der Waals surface area contributed by atoms with Crippen LogP contribution in [0, 0.1) is 18.2 Å². The Morgan fingerprint density at radius 3 is 3.00 bits per heavy atom. The van der Waals surface area contributed by atoms with E-state index in [2.05, 4.69) is 11.2 Å². The summed E-state index contributed by atoms with van der Waals surface area (Å²) in [5, 5.41) is 2.50. The average Bonchev–Trinajstić information content (AvgIpc) is 2.35. The third-order valence-corrected chi connectivity index (χ3v) is 1.96. The number of carbonyl (C=O) groups excluding carboxylic acids is 1. The number of anilines is 1. The molecule has 0 aliphatic carbocycles. The highest BCUT2D eigenvalue weighted by atomic mass is 19.1. The number of benzene rings is 1. The van der Waals surface area contributed by atoms with Crippen LogP contribution in [0.1, 0.15) is 6.92 Å². The van der Waals surface area contributed by atoms with Gasteiger partial charge in [0.1, 0.15) is 24.8 Å². The second-order valence-corrected chi connectivity index (χ2v) is 3.32. The summed E-state index contributed by atoms with van der Waals surface area (Å²) in [5.41, 5.74) is 0.231. The zero-order valence-corrected chi connectivity index (χ0v) is 10.0. The topological polar surface area (TPSA) is 47.6 Å².